The lowest BCUT2D eigenvalue weighted by Gasteiger charge is -2.22. The fraction of sp³-hybridized carbons (Fsp3) is 0.391. The molecule has 29 heavy (non-hydrogen) atoms. The minimum Gasteiger partial charge on any atom is -0.351 e. The summed E-state index contributed by atoms with van der Waals surface area (Å²) < 4.78 is 0. The number of aromatic nitrogens is 3. The van der Waals surface area contributed by atoms with Crippen molar-refractivity contribution >= 4 is 22.8 Å². The number of carbonyl (C=O) groups excluding carboxylic acids is 1. The second-order valence-electron chi connectivity index (χ2n) is 7.67. The van der Waals surface area contributed by atoms with Crippen molar-refractivity contribution in [3.63, 3.8) is 0 Å². The Kier molecular flexibility index (Phi) is 5.69. The Morgan fingerprint density at radius 2 is 1.86 bits per heavy atom. The Bertz CT molecular complexity index is 996. The van der Waals surface area contributed by atoms with Crippen molar-refractivity contribution in [2.75, 3.05) is 18.9 Å². The summed E-state index contributed by atoms with van der Waals surface area (Å²) in [5.41, 5.74) is 2.96. The van der Waals surface area contributed by atoms with Crippen LogP contribution in [0.2, 0.25) is 0 Å². The largest absolute Gasteiger partial charge is 0.351 e. The number of rotatable bonds is 5. The van der Waals surface area contributed by atoms with Gasteiger partial charge in [0.2, 0.25) is 5.95 Å². The third kappa shape index (κ3) is 4.21. The first kappa shape index (κ1) is 19.3. The van der Waals surface area contributed by atoms with Crippen LogP contribution in [0.1, 0.15) is 49.4 Å². The second-order valence-corrected chi connectivity index (χ2v) is 7.67. The van der Waals surface area contributed by atoms with Crippen LogP contribution in [0.5, 0.6) is 0 Å². The highest BCUT2D eigenvalue weighted by molar-refractivity contribution is 6.07. The zero-order valence-corrected chi connectivity index (χ0v) is 17.1. The van der Waals surface area contributed by atoms with E-state index in [1.54, 1.807) is 17.3 Å². The van der Waals surface area contributed by atoms with Crippen LogP contribution < -0.4 is 5.32 Å². The zero-order chi connectivity index (χ0) is 20.2. The van der Waals surface area contributed by atoms with Crippen molar-refractivity contribution in [1.82, 2.24) is 19.9 Å². The van der Waals surface area contributed by atoms with Gasteiger partial charge in [0.1, 0.15) is 0 Å². The van der Waals surface area contributed by atoms with Crippen molar-refractivity contribution < 1.29 is 4.79 Å². The molecule has 1 aliphatic carbocycles. The van der Waals surface area contributed by atoms with Crippen LogP contribution in [0.25, 0.3) is 22.2 Å². The first-order valence-electron chi connectivity index (χ1n) is 10.4. The van der Waals surface area contributed by atoms with E-state index in [-0.39, 0.29) is 5.91 Å². The molecule has 0 saturated heterocycles. The van der Waals surface area contributed by atoms with Crippen LogP contribution >= 0.6 is 0 Å². The number of fused-ring (bicyclic) bond motifs is 1. The van der Waals surface area contributed by atoms with Gasteiger partial charge in [0.25, 0.3) is 5.91 Å². The van der Waals surface area contributed by atoms with Crippen molar-refractivity contribution in [3.8, 4) is 11.3 Å². The fourth-order valence-electron chi connectivity index (χ4n) is 3.81. The summed E-state index contributed by atoms with van der Waals surface area (Å²) in [7, 11) is 1.81. The predicted molar refractivity (Wildman–Crippen MR) is 116 cm³/mol. The van der Waals surface area contributed by atoms with Gasteiger partial charge in [-0.1, -0.05) is 37.5 Å². The molecule has 0 spiro atoms. The molecule has 2 heterocycles. The first-order valence-corrected chi connectivity index (χ1v) is 10.4. The number of hydrogen-bond acceptors (Lipinski definition) is 5. The van der Waals surface area contributed by atoms with Crippen LogP contribution in [0.15, 0.2) is 42.7 Å². The van der Waals surface area contributed by atoms with Gasteiger partial charge in [-0.3, -0.25) is 4.79 Å². The maximum absolute atomic E-state index is 12.9. The zero-order valence-electron chi connectivity index (χ0n) is 17.1. The molecule has 0 unspecified atom stereocenters. The highest BCUT2D eigenvalue weighted by Gasteiger charge is 2.17. The second kappa shape index (κ2) is 8.55. The highest BCUT2D eigenvalue weighted by atomic mass is 16.2. The van der Waals surface area contributed by atoms with Crippen LogP contribution in [-0.4, -0.2) is 45.4 Å². The third-order valence-corrected chi connectivity index (χ3v) is 5.65. The summed E-state index contributed by atoms with van der Waals surface area (Å²) in [4.78, 5) is 28.4. The van der Waals surface area contributed by atoms with Gasteiger partial charge < -0.3 is 10.2 Å². The van der Waals surface area contributed by atoms with E-state index in [0.717, 1.165) is 16.5 Å². The smallest absolute Gasteiger partial charge is 0.254 e. The monoisotopic (exact) mass is 389 g/mol. The van der Waals surface area contributed by atoms with Crippen LogP contribution in [-0.2, 0) is 0 Å². The van der Waals surface area contributed by atoms with Gasteiger partial charge in [0.05, 0.1) is 16.8 Å². The van der Waals surface area contributed by atoms with E-state index in [1.807, 2.05) is 44.3 Å². The lowest BCUT2D eigenvalue weighted by atomic mass is 9.96. The SMILES string of the molecule is CCN(C)C(=O)c1cc(-c2cnc(NC3CCCCC3)nc2)nc2ccccc12. The maximum atomic E-state index is 12.9. The van der Waals surface area contributed by atoms with Gasteiger partial charge in [-0.2, -0.15) is 0 Å². The van der Waals surface area contributed by atoms with Crippen molar-refractivity contribution in [1.29, 1.82) is 0 Å². The van der Waals surface area contributed by atoms with E-state index in [1.165, 1.54) is 32.1 Å². The molecule has 2 aromatic heterocycles. The van der Waals surface area contributed by atoms with Crippen molar-refractivity contribution in [2.45, 2.75) is 45.1 Å². The Hall–Kier alpha value is -3.02. The first-order chi connectivity index (χ1) is 14.2. The molecule has 1 fully saturated rings. The number of carbonyl (C=O) groups is 1. The molecule has 1 amide bonds. The molecule has 1 aromatic carbocycles. The molecular formula is C23H27N5O. The molecule has 0 atom stereocenters. The van der Waals surface area contributed by atoms with E-state index >= 15 is 0 Å². The highest BCUT2D eigenvalue weighted by Crippen LogP contribution is 2.26. The Morgan fingerprint density at radius 3 is 2.59 bits per heavy atom. The number of hydrogen-bond donors (Lipinski definition) is 1. The Labute approximate surface area is 171 Å². The standard InChI is InChI=1S/C23H27N5O/c1-3-28(2)22(29)19-13-21(27-20-12-8-7-11-18(19)20)16-14-24-23(25-15-16)26-17-9-5-4-6-10-17/h7-8,11-15,17H,3-6,9-10H2,1-2H3,(H,24,25,26). The number of anilines is 1. The van der Waals surface area contributed by atoms with Crippen LogP contribution in [0.3, 0.4) is 0 Å². The molecule has 1 aliphatic rings. The molecule has 1 N–H and O–H groups in total. The third-order valence-electron chi connectivity index (χ3n) is 5.65. The molecule has 0 aliphatic heterocycles. The van der Waals surface area contributed by atoms with E-state index in [9.17, 15) is 4.79 Å². The molecule has 0 radical (unpaired) electrons. The summed E-state index contributed by atoms with van der Waals surface area (Å²) in [6, 6.07) is 10.1. The molecule has 0 bridgehead atoms. The van der Waals surface area contributed by atoms with Crippen LogP contribution in [0, 0.1) is 0 Å². The average molecular weight is 390 g/mol. The summed E-state index contributed by atoms with van der Waals surface area (Å²) in [6.45, 7) is 2.61. The van der Waals surface area contributed by atoms with E-state index in [0.29, 0.717) is 29.8 Å². The minimum absolute atomic E-state index is 0.0103. The van der Waals surface area contributed by atoms with Crippen molar-refractivity contribution in [3.05, 3.63) is 48.3 Å². The average Bonchev–Trinajstić information content (AvgIpc) is 2.78. The fourth-order valence-corrected chi connectivity index (χ4v) is 3.81. The summed E-state index contributed by atoms with van der Waals surface area (Å²) in [5.74, 6) is 0.646. The lowest BCUT2D eigenvalue weighted by molar-refractivity contribution is 0.0804. The molecular weight excluding hydrogens is 362 g/mol. The van der Waals surface area contributed by atoms with Gasteiger partial charge in [-0.05, 0) is 31.9 Å². The number of benzene rings is 1. The van der Waals surface area contributed by atoms with Gasteiger partial charge in [-0.25, -0.2) is 15.0 Å². The summed E-state index contributed by atoms with van der Waals surface area (Å²) in [6.07, 6.45) is 9.76. The van der Waals surface area contributed by atoms with Crippen molar-refractivity contribution in [2.24, 2.45) is 0 Å². The Balaban J connectivity index is 1.65. The molecule has 4 rings (SSSR count). The Morgan fingerprint density at radius 1 is 1.14 bits per heavy atom. The number of nitrogens with one attached hydrogen (secondary N) is 1. The predicted octanol–water partition coefficient (Wildman–Crippen LogP) is 4.53. The molecule has 6 heteroatoms. The topological polar surface area (TPSA) is 71.0 Å². The molecule has 6 nitrogen and oxygen atoms in total. The van der Waals surface area contributed by atoms with Gasteiger partial charge in [0, 0.05) is 43.0 Å². The summed E-state index contributed by atoms with van der Waals surface area (Å²) >= 11 is 0. The van der Waals surface area contributed by atoms with E-state index in [2.05, 4.69) is 15.3 Å². The summed E-state index contributed by atoms with van der Waals surface area (Å²) in [5, 5.41) is 4.30. The molecule has 150 valence electrons. The maximum Gasteiger partial charge on any atom is 0.254 e. The van der Waals surface area contributed by atoms with Gasteiger partial charge in [0.15, 0.2) is 0 Å². The minimum atomic E-state index is -0.0103. The normalized spacial score (nSPS) is 14.7. The number of nitrogens with zero attached hydrogens (tertiary/aromatic N) is 4. The van der Waals surface area contributed by atoms with E-state index < -0.39 is 0 Å². The van der Waals surface area contributed by atoms with Gasteiger partial charge in [-0.15, -0.1) is 0 Å². The quantitative estimate of drug-likeness (QED) is 0.694. The van der Waals surface area contributed by atoms with E-state index in [4.69, 9.17) is 4.98 Å². The van der Waals surface area contributed by atoms with Gasteiger partial charge >= 0.3 is 0 Å². The number of pyridine rings is 1. The van der Waals surface area contributed by atoms with Crippen LogP contribution in [0.4, 0.5) is 5.95 Å². The lowest BCUT2D eigenvalue weighted by Crippen LogP contribution is -2.26. The number of para-hydroxylation sites is 1. The molecule has 3 aromatic rings. The molecule has 1 saturated carbocycles. The number of amides is 1.